The largest absolute Gasteiger partial charge is 0.375 e. The van der Waals surface area contributed by atoms with Crippen molar-refractivity contribution in [1.82, 2.24) is 0 Å². The molecular formula is C20H27NO2. The van der Waals surface area contributed by atoms with E-state index >= 15 is 0 Å². The minimum Gasteiger partial charge on any atom is -0.375 e. The lowest BCUT2D eigenvalue weighted by Gasteiger charge is -2.58. The molecule has 0 saturated heterocycles. The Balaban J connectivity index is 1.70. The van der Waals surface area contributed by atoms with Crippen LogP contribution in [0.2, 0.25) is 0 Å². The summed E-state index contributed by atoms with van der Waals surface area (Å²) in [6.45, 7) is 4.53. The smallest absolute Gasteiger partial charge is 0.156 e. The third kappa shape index (κ3) is 1.82. The number of rotatable bonds is 0. The van der Waals surface area contributed by atoms with E-state index < -0.39 is 5.60 Å². The van der Waals surface area contributed by atoms with E-state index in [0.29, 0.717) is 36.4 Å². The highest BCUT2D eigenvalue weighted by molar-refractivity contribution is 5.91. The van der Waals surface area contributed by atoms with Crippen molar-refractivity contribution < 1.29 is 9.90 Å². The van der Waals surface area contributed by atoms with Crippen molar-refractivity contribution in [3.05, 3.63) is 11.6 Å². The Morgan fingerprint density at radius 3 is 2.61 bits per heavy atom. The quantitative estimate of drug-likeness (QED) is 0.692. The second-order valence-electron chi connectivity index (χ2n) is 8.94. The van der Waals surface area contributed by atoms with Crippen molar-refractivity contribution in [2.24, 2.45) is 28.6 Å². The molecule has 0 unspecified atom stereocenters. The molecular weight excluding hydrogens is 286 g/mol. The van der Waals surface area contributed by atoms with Crippen LogP contribution in [0.25, 0.3) is 0 Å². The van der Waals surface area contributed by atoms with Crippen LogP contribution in [0, 0.1) is 39.9 Å². The van der Waals surface area contributed by atoms with Gasteiger partial charge in [0, 0.05) is 11.8 Å². The van der Waals surface area contributed by atoms with E-state index in [0.717, 1.165) is 38.5 Å². The van der Waals surface area contributed by atoms with Gasteiger partial charge in [0.25, 0.3) is 0 Å². The first kappa shape index (κ1) is 15.4. The Morgan fingerprint density at radius 2 is 1.87 bits per heavy atom. The number of nitriles is 1. The predicted molar refractivity (Wildman–Crippen MR) is 87.3 cm³/mol. The fraction of sp³-hybridized carbons (Fsp3) is 0.800. The van der Waals surface area contributed by atoms with Crippen molar-refractivity contribution in [2.75, 3.05) is 0 Å². The molecule has 0 aliphatic heterocycles. The molecule has 4 aliphatic rings. The maximum atomic E-state index is 11.8. The Kier molecular flexibility index (Phi) is 3.14. The van der Waals surface area contributed by atoms with Crippen LogP contribution in [0.15, 0.2) is 11.6 Å². The summed E-state index contributed by atoms with van der Waals surface area (Å²) in [4.78, 5) is 11.8. The molecule has 0 aromatic carbocycles. The van der Waals surface area contributed by atoms with Crippen molar-refractivity contribution in [1.29, 1.82) is 5.26 Å². The number of aliphatic hydroxyl groups is 1. The highest BCUT2D eigenvalue weighted by Gasteiger charge is 2.64. The van der Waals surface area contributed by atoms with Crippen molar-refractivity contribution in [3.8, 4) is 6.07 Å². The van der Waals surface area contributed by atoms with Crippen LogP contribution in [-0.4, -0.2) is 16.5 Å². The molecule has 1 N–H and O–H groups in total. The minimum absolute atomic E-state index is 0.172. The lowest BCUT2D eigenvalue weighted by molar-refractivity contribution is -0.119. The molecule has 3 heteroatoms. The van der Waals surface area contributed by atoms with E-state index in [2.05, 4.69) is 19.9 Å². The zero-order chi connectivity index (χ0) is 16.5. The van der Waals surface area contributed by atoms with Gasteiger partial charge >= 0.3 is 0 Å². The summed E-state index contributed by atoms with van der Waals surface area (Å²) in [5.74, 6) is 1.99. The Bertz CT molecular complexity index is 632. The van der Waals surface area contributed by atoms with Crippen molar-refractivity contribution in [3.63, 3.8) is 0 Å². The highest BCUT2D eigenvalue weighted by Crippen LogP contribution is 2.67. The van der Waals surface area contributed by atoms with Gasteiger partial charge in [0.05, 0.1) is 6.07 Å². The number of carbonyl (C=O) groups excluding carboxylic acids is 1. The zero-order valence-corrected chi connectivity index (χ0v) is 14.3. The fourth-order valence-electron chi connectivity index (χ4n) is 6.76. The first-order chi connectivity index (χ1) is 10.8. The Morgan fingerprint density at radius 1 is 1.13 bits per heavy atom. The van der Waals surface area contributed by atoms with Crippen LogP contribution in [0.4, 0.5) is 0 Å². The van der Waals surface area contributed by atoms with Gasteiger partial charge in [0.1, 0.15) is 0 Å². The molecule has 23 heavy (non-hydrogen) atoms. The third-order valence-corrected chi connectivity index (χ3v) is 8.30. The van der Waals surface area contributed by atoms with E-state index in [1.165, 1.54) is 5.57 Å². The lowest BCUT2D eigenvalue weighted by atomic mass is 9.46. The summed E-state index contributed by atoms with van der Waals surface area (Å²) < 4.78 is 0. The number of ketones is 1. The van der Waals surface area contributed by atoms with Crippen molar-refractivity contribution >= 4 is 5.78 Å². The zero-order valence-electron chi connectivity index (χ0n) is 14.3. The average molecular weight is 313 g/mol. The molecule has 0 bridgehead atoms. The summed E-state index contributed by atoms with van der Waals surface area (Å²) in [6, 6.07) is 2.25. The van der Waals surface area contributed by atoms with Gasteiger partial charge < -0.3 is 5.11 Å². The molecule has 4 aliphatic carbocycles. The van der Waals surface area contributed by atoms with Gasteiger partial charge in [-0.05, 0) is 74.2 Å². The molecule has 0 amide bonds. The summed E-state index contributed by atoms with van der Waals surface area (Å²) in [7, 11) is 0. The van der Waals surface area contributed by atoms with Gasteiger partial charge in [0.15, 0.2) is 11.4 Å². The van der Waals surface area contributed by atoms with E-state index in [1.807, 2.05) is 6.08 Å². The normalized spacial score (nSPS) is 52.0. The fourth-order valence-corrected chi connectivity index (χ4v) is 6.76. The van der Waals surface area contributed by atoms with Gasteiger partial charge in [-0.3, -0.25) is 4.79 Å². The SMILES string of the molecule is C[C@]12CCC(=O)C=C1CC[C@H]1[C@H]2CC[C@@]2(C)[C@@H]1CC[C@@]2(O)C#N. The predicted octanol–water partition coefficient (Wildman–Crippen LogP) is 3.77. The van der Waals surface area contributed by atoms with Gasteiger partial charge in [0.2, 0.25) is 0 Å². The Hall–Kier alpha value is -1.14. The number of fused-ring (bicyclic) bond motifs is 5. The molecule has 3 saturated carbocycles. The molecule has 3 fully saturated rings. The number of nitrogens with zero attached hydrogens (tertiary/aromatic N) is 1. The molecule has 0 heterocycles. The highest BCUT2D eigenvalue weighted by atomic mass is 16.3. The minimum atomic E-state index is -1.14. The lowest BCUT2D eigenvalue weighted by Crippen LogP contribution is -2.54. The average Bonchev–Trinajstić information content (AvgIpc) is 2.80. The van der Waals surface area contributed by atoms with Gasteiger partial charge in [-0.15, -0.1) is 0 Å². The standard InChI is InChI=1S/C20H27NO2/c1-18-8-5-14(22)11-13(18)3-4-15-16(18)6-9-19(2)17(15)7-10-20(19,23)12-21/h11,15-17,23H,3-10H2,1-2H3/t15-,16+,17+,18-,19-,20+/m0/s1. The second-order valence-corrected chi connectivity index (χ2v) is 8.94. The number of hydrogen-bond donors (Lipinski definition) is 1. The molecule has 6 atom stereocenters. The number of carbonyl (C=O) groups is 1. The molecule has 4 rings (SSSR count). The summed E-state index contributed by atoms with van der Waals surface area (Å²) in [5, 5.41) is 20.4. The van der Waals surface area contributed by atoms with Gasteiger partial charge in [-0.1, -0.05) is 19.4 Å². The maximum Gasteiger partial charge on any atom is 0.156 e. The van der Waals surface area contributed by atoms with E-state index in [-0.39, 0.29) is 10.8 Å². The summed E-state index contributed by atoms with van der Waals surface area (Å²) in [6.07, 6.45) is 9.42. The topological polar surface area (TPSA) is 61.1 Å². The van der Waals surface area contributed by atoms with Gasteiger partial charge in [-0.2, -0.15) is 5.26 Å². The molecule has 3 nitrogen and oxygen atoms in total. The second kappa shape index (κ2) is 4.70. The summed E-state index contributed by atoms with van der Waals surface area (Å²) >= 11 is 0. The molecule has 0 aromatic heterocycles. The molecule has 124 valence electrons. The first-order valence-corrected chi connectivity index (χ1v) is 9.22. The van der Waals surface area contributed by atoms with Crippen molar-refractivity contribution in [2.45, 2.75) is 70.8 Å². The first-order valence-electron chi connectivity index (χ1n) is 9.22. The van der Waals surface area contributed by atoms with Crippen LogP contribution >= 0.6 is 0 Å². The van der Waals surface area contributed by atoms with Gasteiger partial charge in [-0.25, -0.2) is 0 Å². The van der Waals surface area contributed by atoms with Crippen LogP contribution in [-0.2, 0) is 4.79 Å². The third-order valence-electron chi connectivity index (χ3n) is 8.30. The van der Waals surface area contributed by atoms with E-state index in [9.17, 15) is 15.2 Å². The Labute approximate surface area is 138 Å². The monoisotopic (exact) mass is 313 g/mol. The van der Waals surface area contributed by atoms with E-state index in [1.54, 1.807) is 0 Å². The van der Waals surface area contributed by atoms with Crippen LogP contribution in [0.3, 0.4) is 0 Å². The summed E-state index contributed by atoms with van der Waals surface area (Å²) in [5.41, 5.74) is 0.172. The molecule has 0 spiro atoms. The molecule has 0 aromatic rings. The maximum absolute atomic E-state index is 11.8. The van der Waals surface area contributed by atoms with E-state index in [4.69, 9.17) is 0 Å². The molecule has 0 radical (unpaired) electrons. The van der Waals surface area contributed by atoms with Crippen LogP contribution < -0.4 is 0 Å². The van der Waals surface area contributed by atoms with Crippen LogP contribution in [0.5, 0.6) is 0 Å². The van der Waals surface area contributed by atoms with Crippen LogP contribution in [0.1, 0.15) is 65.2 Å². The number of allylic oxidation sites excluding steroid dienone is 1. The number of hydrogen-bond acceptors (Lipinski definition) is 3.